The number of nitrogens with zero attached hydrogens (tertiary/aromatic N) is 2. The average molecular weight is 251 g/mol. The second-order valence-electron chi connectivity index (χ2n) is 5.32. The SMILES string of the molecule is CN1CCCC(N(C)Cc2cc(F)ccc2N)C1. The molecule has 1 atom stereocenters. The molecule has 2 rings (SSSR count). The van der Waals surface area contributed by atoms with Gasteiger partial charge in [0.05, 0.1) is 0 Å². The molecule has 100 valence electrons. The Kier molecular flexibility index (Phi) is 4.19. The number of benzene rings is 1. The molecule has 1 saturated heterocycles. The first-order valence-electron chi connectivity index (χ1n) is 6.49. The Bertz CT molecular complexity index is 408. The van der Waals surface area contributed by atoms with E-state index >= 15 is 0 Å². The van der Waals surface area contributed by atoms with Gasteiger partial charge in [0.2, 0.25) is 0 Å². The lowest BCUT2D eigenvalue weighted by atomic mass is 10.0. The van der Waals surface area contributed by atoms with E-state index in [0.29, 0.717) is 18.3 Å². The molecule has 1 aromatic rings. The summed E-state index contributed by atoms with van der Waals surface area (Å²) in [6, 6.07) is 5.13. The van der Waals surface area contributed by atoms with Crippen LogP contribution in [-0.4, -0.2) is 43.0 Å². The third-order valence-corrected chi connectivity index (χ3v) is 3.75. The quantitative estimate of drug-likeness (QED) is 0.833. The molecule has 0 aliphatic carbocycles. The zero-order valence-corrected chi connectivity index (χ0v) is 11.2. The Labute approximate surface area is 108 Å². The smallest absolute Gasteiger partial charge is 0.123 e. The van der Waals surface area contributed by atoms with E-state index in [1.807, 2.05) is 0 Å². The summed E-state index contributed by atoms with van der Waals surface area (Å²) >= 11 is 0. The van der Waals surface area contributed by atoms with E-state index in [4.69, 9.17) is 5.73 Å². The largest absolute Gasteiger partial charge is 0.398 e. The number of hydrogen-bond acceptors (Lipinski definition) is 3. The molecule has 1 fully saturated rings. The number of nitrogen functional groups attached to an aromatic ring is 1. The minimum absolute atomic E-state index is 0.214. The highest BCUT2D eigenvalue weighted by molar-refractivity contribution is 5.46. The first kappa shape index (κ1) is 13.3. The predicted octanol–water partition coefficient (Wildman–Crippen LogP) is 1.93. The molecule has 18 heavy (non-hydrogen) atoms. The number of piperidine rings is 1. The van der Waals surface area contributed by atoms with E-state index in [-0.39, 0.29) is 5.82 Å². The lowest BCUT2D eigenvalue weighted by Crippen LogP contribution is -2.44. The van der Waals surface area contributed by atoms with E-state index < -0.39 is 0 Å². The second kappa shape index (κ2) is 5.67. The maximum atomic E-state index is 13.2. The van der Waals surface area contributed by atoms with Crippen molar-refractivity contribution in [1.82, 2.24) is 9.80 Å². The van der Waals surface area contributed by atoms with Crippen LogP contribution in [0.4, 0.5) is 10.1 Å². The van der Waals surface area contributed by atoms with Gasteiger partial charge in [-0.2, -0.15) is 0 Å². The fourth-order valence-corrected chi connectivity index (χ4v) is 2.61. The van der Waals surface area contributed by atoms with Crippen LogP contribution in [0, 0.1) is 5.82 Å². The van der Waals surface area contributed by atoms with E-state index in [1.165, 1.54) is 25.5 Å². The third kappa shape index (κ3) is 3.21. The predicted molar refractivity (Wildman–Crippen MR) is 72.8 cm³/mol. The van der Waals surface area contributed by atoms with Gasteiger partial charge in [-0.05, 0) is 57.2 Å². The molecule has 0 amide bonds. The lowest BCUT2D eigenvalue weighted by molar-refractivity contribution is 0.129. The molecule has 0 radical (unpaired) electrons. The summed E-state index contributed by atoms with van der Waals surface area (Å²) in [6.45, 7) is 2.96. The van der Waals surface area contributed by atoms with Crippen molar-refractivity contribution in [3.05, 3.63) is 29.6 Å². The number of hydrogen-bond donors (Lipinski definition) is 1. The molecule has 1 aliphatic heterocycles. The average Bonchev–Trinajstić information content (AvgIpc) is 2.34. The standard InChI is InChI=1S/C14H22FN3/c1-17-7-3-4-13(10-17)18(2)9-11-8-12(15)5-6-14(11)16/h5-6,8,13H,3-4,7,9-10,16H2,1-2H3. The molecule has 2 N–H and O–H groups in total. The molecule has 1 heterocycles. The topological polar surface area (TPSA) is 32.5 Å². The lowest BCUT2D eigenvalue weighted by Gasteiger charge is -2.36. The van der Waals surface area contributed by atoms with Crippen molar-refractivity contribution in [3.8, 4) is 0 Å². The summed E-state index contributed by atoms with van der Waals surface area (Å²) in [5, 5.41) is 0. The van der Waals surface area contributed by atoms with Crippen molar-refractivity contribution in [1.29, 1.82) is 0 Å². The van der Waals surface area contributed by atoms with Gasteiger partial charge in [-0.1, -0.05) is 0 Å². The number of nitrogens with two attached hydrogens (primary N) is 1. The van der Waals surface area contributed by atoms with E-state index in [0.717, 1.165) is 12.1 Å². The number of rotatable bonds is 3. The van der Waals surface area contributed by atoms with Gasteiger partial charge in [-0.3, -0.25) is 4.90 Å². The Morgan fingerprint density at radius 1 is 1.50 bits per heavy atom. The molecule has 1 unspecified atom stereocenters. The second-order valence-corrected chi connectivity index (χ2v) is 5.32. The zero-order chi connectivity index (χ0) is 13.1. The van der Waals surface area contributed by atoms with Crippen molar-refractivity contribution in [2.45, 2.75) is 25.4 Å². The minimum Gasteiger partial charge on any atom is -0.398 e. The van der Waals surface area contributed by atoms with Crippen molar-refractivity contribution >= 4 is 5.69 Å². The fourth-order valence-electron chi connectivity index (χ4n) is 2.61. The van der Waals surface area contributed by atoms with Gasteiger partial charge in [0.25, 0.3) is 0 Å². The van der Waals surface area contributed by atoms with Gasteiger partial charge >= 0.3 is 0 Å². The highest BCUT2D eigenvalue weighted by Crippen LogP contribution is 2.19. The van der Waals surface area contributed by atoms with Crippen molar-refractivity contribution in [2.75, 3.05) is 32.9 Å². The van der Waals surface area contributed by atoms with E-state index in [1.54, 1.807) is 12.1 Å². The van der Waals surface area contributed by atoms with Gasteiger partial charge in [0.1, 0.15) is 5.82 Å². The minimum atomic E-state index is -0.214. The molecule has 1 aliphatic rings. The number of likely N-dealkylation sites (N-methyl/N-ethyl adjacent to an activating group) is 2. The third-order valence-electron chi connectivity index (χ3n) is 3.75. The van der Waals surface area contributed by atoms with Crippen LogP contribution in [0.3, 0.4) is 0 Å². The highest BCUT2D eigenvalue weighted by atomic mass is 19.1. The molecule has 0 bridgehead atoms. The Morgan fingerprint density at radius 3 is 3.00 bits per heavy atom. The summed E-state index contributed by atoms with van der Waals surface area (Å²) < 4.78 is 13.2. The van der Waals surface area contributed by atoms with Crippen molar-refractivity contribution in [3.63, 3.8) is 0 Å². The highest BCUT2D eigenvalue weighted by Gasteiger charge is 2.21. The van der Waals surface area contributed by atoms with Gasteiger partial charge in [-0.25, -0.2) is 4.39 Å². The van der Waals surface area contributed by atoms with E-state index in [2.05, 4.69) is 23.9 Å². The molecular weight excluding hydrogens is 229 g/mol. The summed E-state index contributed by atoms with van der Waals surface area (Å²) in [5.41, 5.74) is 7.44. The first-order chi connectivity index (χ1) is 8.56. The van der Waals surface area contributed by atoms with Crippen LogP contribution in [-0.2, 0) is 6.54 Å². The number of likely N-dealkylation sites (tertiary alicyclic amines) is 1. The van der Waals surface area contributed by atoms with Crippen LogP contribution in [0.5, 0.6) is 0 Å². The van der Waals surface area contributed by atoms with Crippen LogP contribution in [0.25, 0.3) is 0 Å². The molecule has 1 aromatic carbocycles. The molecule has 3 nitrogen and oxygen atoms in total. The first-order valence-corrected chi connectivity index (χ1v) is 6.49. The molecule has 4 heteroatoms. The molecular formula is C14H22FN3. The van der Waals surface area contributed by atoms with Crippen molar-refractivity contribution < 1.29 is 4.39 Å². The van der Waals surface area contributed by atoms with Gasteiger partial charge < -0.3 is 10.6 Å². The zero-order valence-electron chi connectivity index (χ0n) is 11.2. The fraction of sp³-hybridized carbons (Fsp3) is 0.571. The van der Waals surface area contributed by atoms with Crippen LogP contribution < -0.4 is 5.73 Å². The number of anilines is 1. The molecule has 0 aromatic heterocycles. The summed E-state index contributed by atoms with van der Waals surface area (Å²) in [4.78, 5) is 4.63. The van der Waals surface area contributed by atoms with Crippen LogP contribution >= 0.6 is 0 Å². The molecule has 0 saturated carbocycles. The van der Waals surface area contributed by atoms with Crippen LogP contribution in [0.2, 0.25) is 0 Å². The summed E-state index contributed by atoms with van der Waals surface area (Å²) in [6.07, 6.45) is 2.43. The Hall–Kier alpha value is -1.13. The van der Waals surface area contributed by atoms with E-state index in [9.17, 15) is 4.39 Å². The van der Waals surface area contributed by atoms with Crippen LogP contribution in [0.15, 0.2) is 18.2 Å². The summed E-state index contributed by atoms with van der Waals surface area (Å²) in [5.74, 6) is -0.214. The molecule has 0 spiro atoms. The Morgan fingerprint density at radius 2 is 2.28 bits per heavy atom. The maximum Gasteiger partial charge on any atom is 0.123 e. The van der Waals surface area contributed by atoms with Gasteiger partial charge in [-0.15, -0.1) is 0 Å². The van der Waals surface area contributed by atoms with Gasteiger partial charge in [0.15, 0.2) is 0 Å². The number of halogens is 1. The van der Waals surface area contributed by atoms with Crippen LogP contribution in [0.1, 0.15) is 18.4 Å². The summed E-state index contributed by atoms with van der Waals surface area (Å²) in [7, 11) is 4.24. The maximum absolute atomic E-state index is 13.2. The normalized spacial score (nSPS) is 21.4. The van der Waals surface area contributed by atoms with Gasteiger partial charge in [0, 0.05) is 24.8 Å². The monoisotopic (exact) mass is 251 g/mol. The Balaban J connectivity index is 2.01. The van der Waals surface area contributed by atoms with Crippen molar-refractivity contribution in [2.24, 2.45) is 0 Å².